The average molecular weight is 340 g/mol. The fraction of sp³-hybridized carbons (Fsp3) is 0.278. The molecule has 1 aliphatic rings. The Labute approximate surface area is 145 Å². The monoisotopic (exact) mass is 340 g/mol. The summed E-state index contributed by atoms with van der Waals surface area (Å²) < 4.78 is 0. The molecule has 2 aromatic rings. The van der Waals surface area contributed by atoms with Crippen molar-refractivity contribution in [1.29, 1.82) is 0 Å². The minimum atomic E-state index is -0.595. The zero-order chi connectivity index (χ0) is 17.6. The molecule has 130 valence electrons. The van der Waals surface area contributed by atoms with Crippen LogP contribution in [0.5, 0.6) is 5.75 Å². The zero-order valence-electron chi connectivity index (χ0n) is 13.8. The van der Waals surface area contributed by atoms with Crippen LogP contribution in [0.25, 0.3) is 0 Å². The van der Waals surface area contributed by atoms with E-state index in [1.54, 1.807) is 47.6 Å². The second kappa shape index (κ2) is 7.65. The van der Waals surface area contributed by atoms with Crippen molar-refractivity contribution < 1.29 is 14.7 Å². The number of nitrogens with zero attached hydrogens (tertiary/aromatic N) is 3. The molecule has 2 heterocycles. The van der Waals surface area contributed by atoms with Crippen LogP contribution in [0.1, 0.15) is 5.56 Å². The van der Waals surface area contributed by atoms with Crippen LogP contribution in [0.3, 0.4) is 0 Å². The summed E-state index contributed by atoms with van der Waals surface area (Å²) in [5, 5.41) is 12.2. The lowest BCUT2D eigenvalue weighted by Crippen LogP contribution is -2.52. The maximum atomic E-state index is 12.3. The number of amides is 2. The van der Waals surface area contributed by atoms with Gasteiger partial charge < -0.3 is 20.2 Å². The number of piperazine rings is 1. The third-order valence-electron chi connectivity index (χ3n) is 4.16. The lowest BCUT2D eigenvalue weighted by molar-refractivity contribution is -0.146. The fourth-order valence-electron chi connectivity index (χ4n) is 2.76. The van der Waals surface area contributed by atoms with Crippen molar-refractivity contribution in [1.82, 2.24) is 15.2 Å². The smallest absolute Gasteiger partial charge is 0.312 e. The molecule has 1 aromatic carbocycles. The molecule has 2 N–H and O–H groups in total. The van der Waals surface area contributed by atoms with Gasteiger partial charge in [-0.1, -0.05) is 6.07 Å². The summed E-state index contributed by atoms with van der Waals surface area (Å²) in [5.74, 6) is -0.890. The standard InChI is InChI=1S/C18H20N4O3/c23-16-3-1-2-15(12-16)21-8-10-22(11-9-21)18(25)17(24)20-13-14-4-6-19-7-5-14/h1-7,12,23H,8-11,13H2,(H,20,24). The van der Waals surface area contributed by atoms with E-state index in [0.717, 1.165) is 11.3 Å². The van der Waals surface area contributed by atoms with Gasteiger partial charge >= 0.3 is 11.8 Å². The molecule has 1 fully saturated rings. The molecular weight excluding hydrogens is 320 g/mol. The predicted octanol–water partition coefficient (Wildman–Crippen LogP) is 0.752. The molecule has 1 saturated heterocycles. The quantitative estimate of drug-likeness (QED) is 0.806. The van der Waals surface area contributed by atoms with Gasteiger partial charge in [0.15, 0.2) is 0 Å². The van der Waals surface area contributed by atoms with Gasteiger partial charge in [0.1, 0.15) is 5.75 Å². The van der Waals surface area contributed by atoms with Crippen LogP contribution in [0.2, 0.25) is 0 Å². The van der Waals surface area contributed by atoms with Gasteiger partial charge in [0, 0.05) is 56.9 Å². The summed E-state index contributed by atoms with van der Waals surface area (Å²) in [4.78, 5) is 31.9. The number of carbonyl (C=O) groups is 2. The summed E-state index contributed by atoms with van der Waals surface area (Å²) in [5.41, 5.74) is 1.80. The molecule has 0 atom stereocenters. The molecule has 2 amide bonds. The van der Waals surface area contributed by atoms with Gasteiger partial charge in [-0.2, -0.15) is 0 Å². The molecule has 0 radical (unpaired) electrons. The minimum absolute atomic E-state index is 0.214. The fourth-order valence-corrected chi connectivity index (χ4v) is 2.76. The summed E-state index contributed by atoms with van der Waals surface area (Å²) in [6.07, 6.45) is 3.29. The molecule has 0 unspecified atom stereocenters. The number of pyridine rings is 1. The van der Waals surface area contributed by atoms with Crippen molar-refractivity contribution in [3.8, 4) is 5.75 Å². The first-order valence-corrected chi connectivity index (χ1v) is 8.13. The van der Waals surface area contributed by atoms with Gasteiger partial charge in [-0.15, -0.1) is 0 Å². The van der Waals surface area contributed by atoms with E-state index in [9.17, 15) is 14.7 Å². The lowest BCUT2D eigenvalue weighted by atomic mass is 10.2. The van der Waals surface area contributed by atoms with Crippen molar-refractivity contribution in [3.05, 3.63) is 54.4 Å². The Balaban J connectivity index is 1.50. The predicted molar refractivity (Wildman–Crippen MR) is 93.0 cm³/mol. The Morgan fingerprint density at radius 2 is 1.80 bits per heavy atom. The summed E-state index contributed by atoms with van der Waals surface area (Å²) in [6, 6.07) is 10.6. The van der Waals surface area contributed by atoms with Crippen molar-refractivity contribution in [2.75, 3.05) is 31.1 Å². The van der Waals surface area contributed by atoms with E-state index in [2.05, 4.69) is 15.2 Å². The Hall–Kier alpha value is -3.09. The van der Waals surface area contributed by atoms with Crippen molar-refractivity contribution >= 4 is 17.5 Å². The van der Waals surface area contributed by atoms with Crippen LogP contribution in [0.4, 0.5) is 5.69 Å². The lowest BCUT2D eigenvalue weighted by Gasteiger charge is -2.35. The number of nitrogens with one attached hydrogen (secondary N) is 1. The molecule has 1 aromatic heterocycles. The normalized spacial score (nSPS) is 14.2. The molecular formula is C18H20N4O3. The molecule has 0 aliphatic carbocycles. The second-order valence-corrected chi connectivity index (χ2v) is 5.84. The molecule has 1 aliphatic heterocycles. The van der Waals surface area contributed by atoms with E-state index in [1.807, 2.05) is 6.07 Å². The first-order valence-electron chi connectivity index (χ1n) is 8.13. The molecule has 3 rings (SSSR count). The molecule has 0 spiro atoms. The van der Waals surface area contributed by atoms with Crippen LogP contribution in [0, 0.1) is 0 Å². The van der Waals surface area contributed by atoms with Crippen LogP contribution >= 0.6 is 0 Å². The van der Waals surface area contributed by atoms with Crippen LogP contribution in [-0.4, -0.2) is 53.0 Å². The van der Waals surface area contributed by atoms with Crippen molar-refractivity contribution in [2.45, 2.75) is 6.54 Å². The number of phenolic OH excluding ortho intramolecular Hbond substituents is 1. The van der Waals surface area contributed by atoms with E-state index in [0.29, 0.717) is 32.7 Å². The highest BCUT2D eigenvalue weighted by atomic mass is 16.3. The number of hydrogen-bond acceptors (Lipinski definition) is 5. The second-order valence-electron chi connectivity index (χ2n) is 5.84. The summed E-state index contributed by atoms with van der Waals surface area (Å²) in [6.45, 7) is 2.48. The minimum Gasteiger partial charge on any atom is -0.508 e. The third-order valence-corrected chi connectivity index (χ3v) is 4.16. The van der Waals surface area contributed by atoms with Gasteiger partial charge in [0.25, 0.3) is 0 Å². The third kappa shape index (κ3) is 4.26. The van der Waals surface area contributed by atoms with E-state index in [1.165, 1.54) is 0 Å². The maximum absolute atomic E-state index is 12.3. The molecule has 0 saturated carbocycles. The number of phenols is 1. The highest BCUT2D eigenvalue weighted by molar-refractivity contribution is 6.35. The maximum Gasteiger partial charge on any atom is 0.312 e. The molecule has 25 heavy (non-hydrogen) atoms. The van der Waals surface area contributed by atoms with Gasteiger partial charge in [0.2, 0.25) is 0 Å². The number of hydrogen-bond donors (Lipinski definition) is 2. The van der Waals surface area contributed by atoms with Gasteiger partial charge in [0.05, 0.1) is 0 Å². The van der Waals surface area contributed by atoms with Gasteiger partial charge in [-0.3, -0.25) is 14.6 Å². The molecule has 7 heteroatoms. The van der Waals surface area contributed by atoms with Crippen LogP contribution < -0.4 is 10.2 Å². The van der Waals surface area contributed by atoms with E-state index in [-0.39, 0.29) is 5.75 Å². The molecule has 7 nitrogen and oxygen atoms in total. The summed E-state index contributed by atoms with van der Waals surface area (Å²) >= 11 is 0. The number of aromatic hydroxyl groups is 1. The number of benzene rings is 1. The van der Waals surface area contributed by atoms with E-state index >= 15 is 0 Å². The zero-order valence-corrected chi connectivity index (χ0v) is 13.8. The van der Waals surface area contributed by atoms with Gasteiger partial charge in [-0.05, 0) is 29.8 Å². The van der Waals surface area contributed by atoms with Crippen LogP contribution in [0.15, 0.2) is 48.8 Å². The number of anilines is 1. The van der Waals surface area contributed by atoms with Gasteiger partial charge in [-0.25, -0.2) is 0 Å². The topological polar surface area (TPSA) is 85.8 Å². The Bertz CT molecular complexity index is 743. The SMILES string of the molecule is O=C(NCc1ccncc1)C(=O)N1CCN(c2cccc(O)c2)CC1. The highest BCUT2D eigenvalue weighted by Gasteiger charge is 2.26. The largest absolute Gasteiger partial charge is 0.508 e. The first-order chi connectivity index (χ1) is 12.1. The van der Waals surface area contributed by atoms with Crippen LogP contribution in [-0.2, 0) is 16.1 Å². The van der Waals surface area contributed by atoms with Crippen molar-refractivity contribution in [3.63, 3.8) is 0 Å². The average Bonchev–Trinajstić information content (AvgIpc) is 2.66. The first kappa shape index (κ1) is 16.8. The Morgan fingerprint density at radius 3 is 2.48 bits per heavy atom. The number of carbonyl (C=O) groups excluding carboxylic acids is 2. The number of aromatic nitrogens is 1. The Morgan fingerprint density at radius 1 is 1.08 bits per heavy atom. The summed E-state index contributed by atoms with van der Waals surface area (Å²) in [7, 11) is 0. The number of rotatable bonds is 3. The Kier molecular flexibility index (Phi) is 5.13. The molecule has 0 bridgehead atoms. The van der Waals surface area contributed by atoms with Crippen molar-refractivity contribution in [2.24, 2.45) is 0 Å². The van der Waals surface area contributed by atoms with E-state index in [4.69, 9.17) is 0 Å². The highest BCUT2D eigenvalue weighted by Crippen LogP contribution is 2.21. The van der Waals surface area contributed by atoms with E-state index < -0.39 is 11.8 Å².